The first-order valence-electron chi connectivity index (χ1n) is 39.8. The number of piperidine rings is 1. The van der Waals surface area contributed by atoms with Crippen molar-refractivity contribution in [3.05, 3.63) is 102 Å². The fraction of sp³-hybridized carbons (Fsp3) is 0.474. The zero-order chi connectivity index (χ0) is 90.6. The number of carbonyl (C=O) groups is 18. The monoisotopic (exact) mass is 1810 g/mol. The van der Waals surface area contributed by atoms with Gasteiger partial charge in [-0.1, -0.05) is 79.6 Å². The summed E-state index contributed by atoms with van der Waals surface area (Å²) < 4.78 is 12.4. The van der Waals surface area contributed by atoms with E-state index in [0.717, 1.165) is 65.3 Å². The molecule has 125 heavy (non-hydrogen) atoms. The maximum Gasteiger partial charge on any atom is 0.305 e. The highest BCUT2D eigenvalue weighted by Gasteiger charge is 2.46. The van der Waals surface area contributed by atoms with Crippen LogP contribution in [-0.4, -0.2) is 284 Å². The van der Waals surface area contributed by atoms with E-state index in [1.807, 2.05) is 48.5 Å². The van der Waals surface area contributed by atoms with Crippen LogP contribution in [0.2, 0.25) is 0 Å². The minimum atomic E-state index is -1.74. The van der Waals surface area contributed by atoms with Gasteiger partial charge in [0, 0.05) is 131 Å². The van der Waals surface area contributed by atoms with Gasteiger partial charge in [-0.05, 0) is 76.2 Å². The molecule has 47 heteroatoms. The quantitative estimate of drug-likeness (QED) is 0.0216. The SMILES string of the molecule is C[C@@H]1NC(=O)C(CC(=O)O)NC(=O)CNC(=O)[C@H](CC(=O)Nc2ccc(C(=N)N)cc2)NC(=O)CCSSCC(C(N)=O)NC(=O)[C@@H]2CC(OCc3c[nH]c4ccccc34)CN2C1=O.C[C@@H]1NC(=O)C(CC(=O)O)NC(=O)CNC(=O)[C@H](CNC(=O)C2CCNCC2)NC(=O)CCSSCC(C(N)=O)NC(=O)[C@@H]2CC(OCc3c[nH]c4ccccc34)CN2C1=O. The number of nitrogens with two attached hydrogens (primary N) is 3. The standard InChI is InChI=1S/C40H49N11O11S2.C38H52N10O11S2/c1-20-40(61)51-17-24(62-18-22-15-44-26-5-3-2-4-25(22)26)12-30(51)39(60)50-29(36(43)57)19-64-63-11-10-31(52)48-27(13-32(53)47-23-8-6-21(7-9-23)35(41)42)37(58)45-16-33(54)49-28(14-34(55)56)38(59)46-20;1-20-38(58)48-17-23(59-18-22-14-41-25-5-3-2-4-24(22)25)12-29(48)37(57)47-28(33(39)53)19-61-60-11-8-30(49)46-27(15-42-34(54)21-6-9-40-10-7-21)35(55)43-16-31(50)45-26(13-32(51)52)36(56)44-20/h2-9,15,20,24,27-30,44H,10-14,16-19H2,1H3,(H3,41,42)(H2,43,57)(H,45,58)(H,46,59)(H,47,53)(H,48,52)(H,49,54)(H,50,60)(H,55,56);2-5,14,20-21,23,26-29,40-41H,6-13,15-19H2,1H3,(H2,39,53)(H,42,54)(H,43,55)(H,44,56)(H,45,50)(H,46,49)(H,47,57)(H,51,52)/t20-,24?,27-,28?,29?,30-;20-,23?,26?,27-,28?,29-/m00/s1. The van der Waals surface area contributed by atoms with Crippen molar-refractivity contribution in [2.75, 3.05) is 74.1 Å². The van der Waals surface area contributed by atoms with Crippen LogP contribution in [0, 0.1) is 11.3 Å². The number of carboxylic acid groups (broad SMARTS) is 2. The first kappa shape index (κ1) is 96.8. The Bertz CT molecular complexity index is 4820. The number of primary amides is 2. The van der Waals surface area contributed by atoms with Gasteiger partial charge in [0.2, 0.25) is 94.5 Å². The number of hydrogen-bond donors (Lipinski definition) is 21. The second-order valence-electron chi connectivity index (χ2n) is 29.8. The maximum absolute atomic E-state index is 14.0. The molecule has 5 saturated heterocycles. The van der Waals surface area contributed by atoms with Gasteiger partial charge in [0.15, 0.2) is 0 Å². The summed E-state index contributed by atoms with van der Waals surface area (Å²) in [5.74, 6) is -15.9. The van der Waals surface area contributed by atoms with Crippen molar-refractivity contribution in [2.24, 2.45) is 23.1 Å². The minimum absolute atomic E-state index is 0.000716. The summed E-state index contributed by atoms with van der Waals surface area (Å²) in [6.45, 7) is 2.18. The number of aliphatic carboxylic acids is 2. The summed E-state index contributed by atoms with van der Waals surface area (Å²) in [6, 6.07) is 7.36. The first-order chi connectivity index (χ1) is 59.7. The van der Waals surface area contributed by atoms with Crippen LogP contribution in [0.1, 0.15) is 88.3 Å². The normalized spacial score (nSPS) is 24.7. The van der Waals surface area contributed by atoms with Crippen LogP contribution in [0.5, 0.6) is 0 Å². The lowest BCUT2D eigenvalue weighted by Gasteiger charge is -2.28. The average molecular weight is 1810 g/mol. The van der Waals surface area contributed by atoms with Crippen LogP contribution in [0.4, 0.5) is 5.69 Å². The van der Waals surface area contributed by atoms with Gasteiger partial charge in [-0.25, -0.2) is 0 Å². The van der Waals surface area contributed by atoms with Crippen LogP contribution in [-0.2, 0) is 109 Å². The van der Waals surface area contributed by atoms with Gasteiger partial charge in [-0.3, -0.25) is 91.7 Å². The van der Waals surface area contributed by atoms with Crippen molar-refractivity contribution < 1.29 is 106 Å². The summed E-state index contributed by atoms with van der Waals surface area (Å²) in [6.07, 6.45) is 0.768. The Hall–Kier alpha value is -12.1. The van der Waals surface area contributed by atoms with Crippen LogP contribution in [0.3, 0.4) is 0 Å². The third kappa shape index (κ3) is 29.3. The van der Waals surface area contributed by atoms with Gasteiger partial charge < -0.3 is 126 Å². The summed E-state index contributed by atoms with van der Waals surface area (Å²) >= 11 is 0. The lowest BCUT2D eigenvalue weighted by atomic mass is 9.97. The molecular weight excluding hydrogens is 1710 g/mol. The molecule has 5 aromatic rings. The predicted molar refractivity (Wildman–Crippen MR) is 458 cm³/mol. The minimum Gasteiger partial charge on any atom is -0.481 e. The molecule has 24 N–H and O–H groups in total. The molecule has 0 aliphatic carbocycles. The molecule has 0 saturated carbocycles. The van der Waals surface area contributed by atoms with Crippen molar-refractivity contribution in [1.29, 1.82) is 5.41 Å². The first-order valence-corrected chi connectivity index (χ1v) is 44.8. The second kappa shape index (κ2) is 47.2. The summed E-state index contributed by atoms with van der Waals surface area (Å²) in [7, 11) is 4.64. The van der Waals surface area contributed by atoms with Crippen LogP contribution in [0.25, 0.3) is 21.8 Å². The largest absolute Gasteiger partial charge is 0.481 e. The van der Waals surface area contributed by atoms with Crippen molar-refractivity contribution in [3.63, 3.8) is 0 Å². The highest BCUT2D eigenvalue weighted by Crippen LogP contribution is 2.30. The predicted octanol–water partition coefficient (Wildman–Crippen LogP) is -3.62. The van der Waals surface area contributed by atoms with E-state index < -0.39 is 206 Å². The number of aromatic amines is 2. The molecule has 3 aromatic carbocycles. The van der Waals surface area contributed by atoms with Gasteiger partial charge in [-0.15, -0.1) is 0 Å². The summed E-state index contributed by atoms with van der Waals surface area (Å²) in [5.41, 5.74) is 21.0. The Balaban J connectivity index is 0.000000283. The second-order valence-corrected chi connectivity index (χ2v) is 35.0. The van der Waals surface area contributed by atoms with Crippen molar-refractivity contribution in [1.82, 2.24) is 83.6 Å². The number of amidine groups is 1. The smallest absolute Gasteiger partial charge is 0.305 e. The molecule has 0 bridgehead atoms. The Morgan fingerprint density at radius 2 is 0.936 bits per heavy atom. The number of carbonyl (C=O) groups excluding carboxylic acids is 16. The zero-order valence-electron chi connectivity index (χ0n) is 68.0. The number of nitrogens with one attached hydrogen (secondary N) is 16. The van der Waals surface area contributed by atoms with Crippen molar-refractivity contribution in [3.8, 4) is 0 Å². The Kier molecular flexibility index (Phi) is 36.5. The van der Waals surface area contributed by atoms with E-state index in [1.165, 1.54) is 58.7 Å². The highest BCUT2D eigenvalue weighted by molar-refractivity contribution is 8.77. The number of nitrogen functional groups attached to an aromatic ring is 1. The number of hydrogen-bond acceptors (Lipinski definition) is 26. The van der Waals surface area contributed by atoms with E-state index >= 15 is 0 Å². The van der Waals surface area contributed by atoms with Crippen molar-refractivity contribution in [2.45, 2.75) is 157 Å². The number of benzene rings is 3. The third-order valence-electron chi connectivity index (χ3n) is 20.5. The van der Waals surface area contributed by atoms with Gasteiger partial charge in [0.1, 0.15) is 66.3 Å². The van der Waals surface area contributed by atoms with Crippen LogP contribution >= 0.6 is 43.2 Å². The molecule has 2 aromatic heterocycles. The van der Waals surface area contributed by atoms with E-state index in [0.29, 0.717) is 37.2 Å². The number of ether oxygens (including phenoxy) is 2. The molecule has 16 amide bonds. The van der Waals surface area contributed by atoms with E-state index in [9.17, 15) is 96.5 Å². The molecule has 6 unspecified atom stereocenters. The molecule has 5 aliphatic rings. The summed E-state index contributed by atoms with van der Waals surface area (Å²) in [5, 5.41) is 61.2. The van der Waals surface area contributed by atoms with Gasteiger partial charge in [0.05, 0.1) is 57.8 Å². The van der Waals surface area contributed by atoms with Gasteiger partial charge in [-0.2, -0.15) is 0 Å². The molecule has 12 atom stereocenters. The zero-order valence-corrected chi connectivity index (χ0v) is 71.2. The van der Waals surface area contributed by atoms with E-state index in [2.05, 4.69) is 79.1 Å². The Morgan fingerprint density at radius 1 is 0.512 bits per heavy atom. The molecule has 5 fully saturated rings. The number of fused-ring (bicyclic) bond motifs is 4. The topological polar surface area (TPSA) is 663 Å². The fourth-order valence-corrected chi connectivity index (χ4v) is 18.2. The number of H-pyrrole nitrogens is 2. The lowest BCUT2D eigenvalue weighted by molar-refractivity contribution is -0.143. The molecule has 674 valence electrons. The van der Waals surface area contributed by atoms with E-state index in [4.69, 9.17) is 32.1 Å². The Labute approximate surface area is 730 Å². The number of nitrogens with zero attached hydrogens (tertiary/aromatic N) is 2. The molecule has 0 spiro atoms. The third-order valence-corrected chi connectivity index (χ3v) is 25.3. The average Bonchev–Trinajstić information content (AvgIpc) is 1.67. The fourth-order valence-electron chi connectivity index (χ4n) is 13.9. The molecule has 5 aliphatic heterocycles. The van der Waals surface area contributed by atoms with Gasteiger partial charge >= 0.3 is 11.9 Å². The molecule has 0 radical (unpaired) electrons. The number of amides is 16. The van der Waals surface area contributed by atoms with E-state index in [-0.39, 0.29) is 99.2 Å². The van der Waals surface area contributed by atoms with Crippen LogP contribution < -0.4 is 86.3 Å². The summed E-state index contributed by atoms with van der Waals surface area (Å²) in [4.78, 5) is 245. The lowest BCUT2D eigenvalue weighted by Crippen LogP contribution is -2.58. The molecule has 43 nitrogen and oxygen atoms in total. The highest BCUT2D eigenvalue weighted by atomic mass is 33.1. The molecule has 10 rings (SSSR count). The van der Waals surface area contributed by atoms with Crippen LogP contribution in [0.15, 0.2) is 85.2 Å². The maximum atomic E-state index is 14.0. The number of para-hydroxylation sites is 2. The molecular formula is C78H101N21O22S4. The number of aromatic nitrogens is 2. The van der Waals surface area contributed by atoms with E-state index in [1.54, 1.807) is 12.4 Å². The molecule has 7 heterocycles. The number of rotatable bonds is 19. The van der Waals surface area contributed by atoms with Crippen molar-refractivity contribution >= 4 is 183 Å². The van der Waals surface area contributed by atoms with Gasteiger partial charge in [0.25, 0.3) is 0 Å². The number of anilines is 1. The number of carboxylic acids is 2. The Morgan fingerprint density at radius 3 is 1.38 bits per heavy atom.